The van der Waals surface area contributed by atoms with Crippen molar-refractivity contribution in [2.75, 3.05) is 0 Å². The molecule has 1 N–H and O–H groups in total. The van der Waals surface area contributed by atoms with Gasteiger partial charge in [0.15, 0.2) is 0 Å². The first-order valence-corrected chi connectivity index (χ1v) is 5.07. The van der Waals surface area contributed by atoms with Crippen LogP contribution in [-0.2, 0) is 4.79 Å². The number of rotatable bonds is 5. The molecule has 0 aliphatic carbocycles. The Hall–Kier alpha value is -0.370. The first kappa shape index (κ1) is 12.6. The Balaban J connectivity index is 3.79. The van der Waals surface area contributed by atoms with Crippen LogP contribution in [0.15, 0.2) is 0 Å². The number of carbonyl (C=O) groups excluding carboxylic acids is 1. The third-order valence-electron chi connectivity index (χ3n) is 2.23. The van der Waals surface area contributed by atoms with Crippen LogP contribution in [0, 0.1) is 5.41 Å². The van der Waals surface area contributed by atoms with Crippen LogP contribution in [0.4, 0.5) is 0 Å². The Morgan fingerprint density at radius 2 is 1.92 bits per heavy atom. The van der Waals surface area contributed by atoms with E-state index in [4.69, 9.17) is 0 Å². The van der Waals surface area contributed by atoms with E-state index in [1.54, 1.807) is 0 Å². The highest BCUT2D eigenvalue weighted by atomic mass is 16.3. The van der Waals surface area contributed by atoms with Gasteiger partial charge in [0.1, 0.15) is 5.78 Å². The van der Waals surface area contributed by atoms with Crippen molar-refractivity contribution in [3.05, 3.63) is 0 Å². The summed E-state index contributed by atoms with van der Waals surface area (Å²) in [5.41, 5.74) is -0.179. The Morgan fingerprint density at radius 3 is 2.31 bits per heavy atom. The lowest BCUT2D eigenvalue weighted by molar-refractivity contribution is -0.122. The molecule has 0 aliphatic rings. The minimum atomic E-state index is -0.503. The molecule has 0 spiro atoms. The number of carbonyl (C=O) groups is 1. The molecule has 0 aromatic rings. The molecule has 0 amide bonds. The zero-order valence-electron chi connectivity index (χ0n) is 9.26. The van der Waals surface area contributed by atoms with Crippen molar-refractivity contribution < 1.29 is 9.90 Å². The zero-order chi connectivity index (χ0) is 10.5. The quantitative estimate of drug-likeness (QED) is 0.716. The molecule has 0 saturated heterocycles. The number of unbranched alkanes of at least 4 members (excludes halogenated alkanes) is 1. The third-order valence-corrected chi connectivity index (χ3v) is 2.23. The first-order chi connectivity index (χ1) is 5.88. The fourth-order valence-corrected chi connectivity index (χ4v) is 0.998. The summed E-state index contributed by atoms with van der Waals surface area (Å²) in [6.45, 7) is 7.91. The average molecular weight is 186 g/mol. The molecule has 2 nitrogen and oxygen atoms in total. The van der Waals surface area contributed by atoms with E-state index in [1.807, 2.05) is 20.8 Å². The summed E-state index contributed by atoms with van der Waals surface area (Å²) >= 11 is 0. The number of Topliss-reactive ketones (excluding diaryl/α,β-unsaturated/α-hetero) is 1. The molecule has 0 fully saturated rings. The number of aliphatic hydroxyl groups excluding tert-OH is 1. The second-order valence-corrected chi connectivity index (χ2v) is 4.73. The van der Waals surface area contributed by atoms with Crippen molar-refractivity contribution in [3.8, 4) is 0 Å². The minimum absolute atomic E-state index is 0.179. The topological polar surface area (TPSA) is 37.3 Å². The molecule has 0 rings (SSSR count). The van der Waals surface area contributed by atoms with Gasteiger partial charge >= 0.3 is 0 Å². The van der Waals surface area contributed by atoms with Crippen molar-refractivity contribution >= 4 is 5.78 Å². The number of hydrogen-bond donors (Lipinski definition) is 1. The highest BCUT2D eigenvalue weighted by Crippen LogP contribution is 2.22. The lowest BCUT2D eigenvalue weighted by Gasteiger charge is -2.25. The van der Waals surface area contributed by atoms with Crippen LogP contribution in [0.2, 0.25) is 0 Å². The van der Waals surface area contributed by atoms with Gasteiger partial charge in [0.2, 0.25) is 0 Å². The molecule has 78 valence electrons. The van der Waals surface area contributed by atoms with Crippen LogP contribution in [0.25, 0.3) is 0 Å². The van der Waals surface area contributed by atoms with Gasteiger partial charge in [-0.25, -0.2) is 0 Å². The zero-order valence-corrected chi connectivity index (χ0v) is 9.26. The Morgan fingerprint density at radius 1 is 1.38 bits per heavy atom. The van der Waals surface area contributed by atoms with Crippen LogP contribution in [0.5, 0.6) is 0 Å². The summed E-state index contributed by atoms with van der Waals surface area (Å²) in [5.74, 6) is 0.185. The van der Waals surface area contributed by atoms with Crippen molar-refractivity contribution in [1.29, 1.82) is 0 Å². The molecule has 13 heavy (non-hydrogen) atoms. The highest BCUT2D eigenvalue weighted by Gasteiger charge is 2.23. The molecule has 0 saturated carbocycles. The summed E-state index contributed by atoms with van der Waals surface area (Å²) in [6, 6.07) is 0. The van der Waals surface area contributed by atoms with Crippen LogP contribution in [0.3, 0.4) is 0 Å². The largest absolute Gasteiger partial charge is 0.392 e. The number of hydrogen-bond acceptors (Lipinski definition) is 2. The maximum Gasteiger partial charge on any atom is 0.135 e. The fraction of sp³-hybridized carbons (Fsp3) is 0.909. The predicted molar refractivity (Wildman–Crippen MR) is 54.6 cm³/mol. The Bertz CT molecular complexity index is 156. The smallest absolute Gasteiger partial charge is 0.135 e. The van der Waals surface area contributed by atoms with Gasteiger partial charge in [-0.2, -0.15) is 0 Å². The summed E-state index contributed by atoms with van der Waals surface area (Å²) < 4.78 is 0. The second kappa shape index (κ2) is 5.38. The van der Waals surface area contributed by atoms with E-state index < -0.39 is 6.10 Å². The van der Waals surface area contributed by atoms with Crippen molar-refractivity contribution in [2.45, 2.75) is 59.5 Å². The predicted octanol–water partition coefficient (Wildman–Crippen LogP) is 2.54. The van der Waals surface area contributed by atoms with Gasteiger partial charge in [-0.15, -0.1) is 0 Å². The van der Waals surface area contributed by atoms with Crippen molar-refractivity contribution in [2.24, 2.45) is 5.41 Å². The maximum atomic E-state index is 11.3. The first-order valence-electron chi connectivity index (χ1n) is 5.07. The van der Waals surface area contributed by atoms with Crippen LogP contribution >= 0.6 is 0 Å². The van der Waals surface area contributed by atoms with Gasteiger partial charge in [-0.3, -0.25) is 4.79 Å². The molecule has 1 atom stereocenters. The normalized spacial score (nSPS) is 14.2. The number of ketones is 1. The minimum Gasteiger partial charge on any atom is -0.392 e. The van der Waals surface area contributed by atoms with Crippen LogP contribution < -0.4 is 0 Å². The van der Waals surface area contributed by atoms with E-state index in [0.29, 0.717) is 12.8 Å². The van der Waals surface area contributed by atoms with E-state index in [0.717, 1.165) is 12.8 Å². The summed E-state index contributed by atoms with van der Waals surface area (Å²) in [6.07, 6.45) is 2.40. The molecule has 0 unspecified atom stereocenters. The summed E-state index contributed by atoms with van der Waals surface area (Å²) in [5, 5.41) is 9.63. The van der Waals surface area contributed by atoms with Gasteiger partial charge in [0.25, 0.3) is 0 Å². The second-order valence-electron chi connectivity index (χ2n) is 4.73. The van der Waals surface area contributed by atoms with E-state index in [1.165, 1.54) is 0 Å². The highest BCUT2D eigenvalue weighted by molar-refractivity contribution is 5.78. The molecule has 0 aromatic heterocycles. The van der Waals surface area contributed by atoms with E-state index in [9.17, 15) is 9.90 Å². The molecule has 0 heterocycles. The molecular weight excluding hydrogens is 164 g/mol. The summed E-state index contributed by atoms with van der Waals surface area (Å²) in [4.78, 5) is 11.3. The van der Waals surface area contributed by atoms with Gasteiger partial charge in [-0.05, 0) is 11.8 Å². The lowest BCUT2D eigenvalue weighted by Crippen LogP contribution is -2.28. The molecule has 0 bridgehead atoms. The van der Waals surface area contributed by atoms with Crippen molar-refractivity contribution in [3.63, 3.8) is 0 Å². The summed E-state index contributed by atoms with van der Waals surface area (Å²) in [7, 11) is 0. The van der Waals surface area contributed by atoms with E-state index in [2.05, 4.69) is 6.92 Å². The van der Waals surface area contributed by atoms with E-state index in [-0.39, 0.29) is 11.2 Å². The number of aliphatic hydroxyl groups is 1. The van der Waals surface area contributed by atoms with Gasteiger partial charge < -0.3 is 5.11 Å². The molecule has 2 heteroatoms. The monoisotopic (exact) mass is 186 g/mol. The SMILES string of the molecule is CCCCC(=O)C[C@@H](O)C(C)(C)C. The van der Waals surface area contributed by atoms with Gasteiger partial charge in [0.05, 0.1) is 6.10 Å². The lowest BCUT2D eigenvalue weighted by atomic mass is 9.86. The fourth-order valence-electron chi connectivity index (χ4n) is 0.998. The van der Waals surface area contributed by atoms with Crippen molar-refractivity contribution in [1.82, 2.24) is 0 Å². The third kappa shape index (κ3) is 5.81. The molecule has 0 aliphatic heterocycles. The Kier molecular flexibility index (Phi) is 5.23. The molecular formula is C11H22O2. The Labute approximate surface area is 81.3 Å². The van der Waals surface area contributed by atoms with Crippen LogP contribution in [0.1, 0.15) is 53.4 Å². The van der Waals surface area contributed by atoms with E-state index >= 15 is 0 Å². The van der Waals surface area contributed by atoms with Gasteiger partial charge in [0, 0.05) is 12.8 Å². The van der Waals surface area contributed by atoms with Gasteiger partial charge in [-0.1, -0.05) is 34.1 Å². The molecule has 0 radical (unpaired) electrons. The maximum absolute atomic E-state index is 11.3. The molecule has 0 aromatic carbocycles. The standard InChI is InChI=1S/C11H22O2/c1-5-6-7-9(12)8-10(13)11(2,3)4/h10,13H,5-8H2,1-4H3/t10-/m1/s1. The van der Waals surface area contributed by atoms with Crippen LogP contribution in [-0.4, -0.2) is 17.0 Å². The average Bonchev–Trinajstić information content (AvgIpc) is 1.99.